The second kappa shape index (κ2) is 10.2. The van der Waals surface area contributed by atoms with Crippen LogP contribution in [0.2, 0.25) is 0 Å². The topological polar surface area (TPSA) is 43.9 Å². The monoisotopic (exact) mass is 425 g/mol. The first-order valence-corrected chi connectivity index (χ1v) is 12.4. The summed E-state index contributed by atoms with van der Waals surface area (Å²) >= 11 is 0. The SMILES string of the molecule is CCC(=O)N1CCC2CCCC(CN(C(=O)CC3CCCC3)Cc3ccccc31)N2C. The van der Waals surface area contributed by atoms with E-state index < -0.39 is 0 Å². The molecule has 2 fully saturated rings. The predicted octanol–water partition coefficient (Wildman–Crippen LogP) is 4.60. The van der Waals surface area contributed by atoms with E-state index in [1.807, 2.05) is 24.0 Å². The molecule has 0 spiro atoms. The zero-order chi connectivity index (χ0) is 21.8. The van der Waals surface area contributed by atoms with Gasteiger partial charge in [0.2, 0.25) is 11.8 Å². The zero-order valence-corrected chi connectivity index (χ0v) is 19.4. The van der Waals surface area contributed by atoms with Crippen LogP contribution in [0, 0.1) is 5.92 Å². The van der Waals surface area contributed by atoms with Gasteiger partial charge >= 0.3 is 0 Å². The molecule has 1 saturated heterocycles. The van der Waals surface area contributed by atoms with Gasteiger partial charge in [0, 0.05) is 50.2 Å². The Kier molecular flexibility index (Phi) is 7.31. The van der Waals surface area contributed by atoms with E-state index in [4.69, 9.17) is 0 Å². The van der Waals surface area contributed by atoms with Gasteiger partial charge in [-0.2, -0.15) is 0 Å². The summed E-state index contributed by atoms with van der Waals surface area (Å²) in [5, 5.41) is 0. The minimum Gasteiger partial charge on any atom is -0.337 e. The fourth-order valence-electron chi connectivity index (χ4n) is 5.92. The number of hydrogen-bond acceptors (Lipinski definition) is 3. The molecular formula is C26H39N3O2. The number of rotatable bonds is 3. The van der Waals surface area contributed by atoms with E-state index in [0.29, 0.717) is 43.3 Å². The van der Waals surface area contributed by atoms with Gasteiger partial charge in [0.1, 0.15) is 0 Å². The first kappa shape index (κ1) is 22.3. The number of piperidine rings is 1. The number of carbonyl (C=O) groups is 2. The molecule has 2 amide bonds. The summed E-state index contributed by atoms with van der Waals surface area (Å²) in [4.78, 5) is 33.0. The average Bonchev–Trinajstić information content (AvgIpc) is 3.28. The standard InChI is InChI=1S/C26H39N3O2/c1-3-25(30)29-16-15-22-12-8-13-23(27(22)2)19-28(18-21-11-6-7-14-24(21)29)26(31)17-20-9-4-5-10-20/h6-7,11,14,20,22-23H,3-5,8-10,12-13,15-19H2,1-2H3. The van der Waals surface area contributed by atoms with Crippen molar-refractivity contribution in [3.05, 3.63) is 29.8 Å². The highest BCUT2D eigenvalue weighted by atomic mass is 16.2. The van der Waals surface area contributed by atoms with E-state index in [0.717, 1.165) is 37.2 Å². The molecule has 0 N–H and O–H groups in total. The van der Waals surface area contributed by atoms with E-state index in [-0.39, 0.29) is 5.91 Å². The summed E-state index contributed by atoms with van der Waals surface area (Å²) in [6.45, 7) is 4.09. The largest absolute Gasteiger partial charge is 0.337 e. The van der Waals surface area contributed by atoms with Gasteiger partial charge in [0.25, 0.3) is 0 Å². The van der Waals surface area contributed by atoms with Crippen LogP contribution in [0.25, 0.3) is 0 Å². The molecule has 0 radical (unpaired) electrons. The van der Waals surface area contributed by atoms with E-state index in [9.17, 15) is 9.59 Å². The number of nitrogens with zero attached hydrogens (tertiary/aromatic N) is 3. The van der Waals surface area contributed by atoms with Gasteiger partial charge in [-0.3, -0.25) is 14.5 Å². The Morgan fingerprint density at radius 3 is 2.45 bits per heavy atom. The first-order chi connectivity index (χ1) is 15.1. The quantitative estimate of drug-likeness (QED) is 0.711. The van der Waals surface area contributed by atoms with Gasteiger partial charge in [-0.15, -0.1) is 0 Å². The molecule has 5 nitrogen and oxygen atoms in total. The molecule has 31 heavy (non-hydrogen) atoms. The number of carbonyl (C=O) groups excluding carboxylic acids is 2. The van der Waals surface area contributed by atoms with Crippen molar-refractivity contribution in [1.29, 1.82) is 0 Å². The molecule has 0 aromatic heterocycles. The lowest BCUT2D eigenvalue weighted by Gasteiger charge is -2.42. The van der Waals surface area contributed by atoms with Crippen LogP contribution in [-0.4, -0.2) is 53.8 Å². The predicted molar refractivity (Wildman–Crippen MR) is 125 cm³/mol. The molecule has 1 aliphatic carbocycles. The van der Waals surface area contributed by atoms with Crippen molar-refractivity contribution >= 4 is 17.5 Å². The van der Waals surface area contributed by atoms with Crippen molar-refractivity contribution in [1.82, 2.24) is 9.80 Å². The molecule has 1 saturated carbocycles. The second-order valence-corrected chi connectivity index (χ2v) is 9.85. The van der Waals surface area contributed by atoms with Crippen molar-refractivity contribution in [2.24, 2.45) is 5.92 Å². The Bertz CT molecular complexity index is 774. The van der Waals surface area contributed by atoms with Gasteiger partial charge in [-0.25, -0.2) is 0 Å². The van der Waals surface area contributed by atoms with Gasteiger partial charge in [-0.1, -0.05) is 44.4 Å². The molecule has 3 aliphatic rings. The maximum absolute atomic E-state index is 13.5. The number of benzene rings is 1. The molecule has 4 rings (SSSR count). The van der Waals surface area contributed by atoms with E-state index in [1.165, 1.54) is 38.5 Å². The summed E-state index contributed by atoms with van der Waals surface area (Å²) in [5.74, 6) is 1.02. The molecule has 1 aromatic carbocycles. The van der Waals surface area contributed by atoms with Gasteiger partial charge in [0.15, 0.2) is 0 Å². The van der Waals surface area contributed by atoms with Gasteiger partial charge in [-0.05, 0) is 56.7 Å². The smallest absolute Gasteiger partial charge is 0.226 e. The number of fused-ring (bicyclic) bond motifs is 3. The lowest BCUT2D eigenvalue weighted by molar-refractivity contribution is -0.134. The Balaban J connectivity index is 1.66. The number of anilines is 1. The highest BCUT2D eigenvalue weighted by Gasteiger charge is 2.33. The van der Waals surface area contributed by atoms with E-state index in [1.54, 1.807) is 0 Å². The fraction of sp³-hybridized carbons (Fsp3) is 0.692. The normalized spacial score (nSPS) is 25.7. The molecular weight excluding hydrogens is 386 g/mol. The Labute approximate surface area is 187 Å². The summed E-state index contributed by atoms with van der Waals surface area (Å²) in [6.07, 6.45) is 10.6. The third-order valence-corrected chi connectivity index (χ3v) is 7.88. The van der Waals surface area contributed by atoms with E-state index in [2.05, 4.69) is 29.0 Å². The van der Waals surface area contributed by atoms with Crippen molar-refractivity contribution in [2.75, 3.05) is 25.0 Å². The first-order valence-electron chi connectivity index (χ1n) is 12.4. The van der Waals surface area contributed by atoms with Crippen LogP contribution in [0.3, 0.4) is 0 Å². The molecule has 2 unspecified atom stereocenters. The van der Waals surface area contributed by atoms with Crippen molar-refractivity contribution in [3.8, 4) is 0 Å². The maximum atomic E-state index is 13.5. The summed E-state index contributed by atoms with van der Waals surface area (Å²) in [5.41, 5.74) is 2.09. The number of amides is 2. The number of para-hydroxylation sites is 1. The highest BCUT2D eigenvalue weighted by molar-refractivity contribution is 5.94. The number of hydrogen-bond donors (Lipinski definition) is 0. The third kappa shape index (κ3) is 5.14. The lowest BCUT2D eigenvalue weighted by Crippen LogP contribution is -2.50. The van der Waals surface area contributed by atoms with E-state index >= 15 is 0 Å². The van der Waals surface area contributed by atoms with Gasteiger partial charge in [0.05, 0.1) is 0 Å². The van der Waals surface area contributed by atoms with Crippen LogP contribution in [0.15, 0.2) is 24.3 Å². The third-order valence-electron chi connectivity index (χ3n) is 7.88. The van der Waals surface area contributed by atoms with Crippen molar-refractivity contribution in [2.45, 2.75) is 89.8 Å². The molecule has 2 bridgehead atoms. The van der Waals surface area contributed by atoms with Crippen molar-refractivity contribution < 1.29 is 9.59 Å². The van der Waals surface area contributed by atoms with Crippen molar-refractivity contribution in [3.63, 3.8) is 0 Å². The van der Waals surface area contributed by atoms with Crippen LogP contribution >= 0.6 is 0 Å². The van der Waals surface area contributed by atoms with Crippen LogP contribution in [-0.2, 0) is 16.1 Å². The van der Waals surface area contributed by atoms with Crippen LogP contribution in [0.5, 0.6) is 0 Å². The molecule has 2 heterocycles. The minimum atomic E-state index is 0.172. The molecule has 2 aliphatic heterocycles. The lowest BCUT2D eigenvalue weighted by atomic mass is 9.93. The van der Waals surface area contributed by atoms with Crippen LogP contribution < -0.4 is 4.90 Å². The summed E-state index contributed by atoms with van der Waals surface area (Å²) in [6, 6.07) is 9.11. The molecule has 1 aromatic rings. The Morgan fingerprint density at radius 2 is 1.68 bits per heavy atom. The van der Waals surface area contributed by atoms with Crippen LogP contribution in [0.4, 0.5) is 5.69 Å². The minimum absolute atomic E-state index is 0.172. The maximum Gasteiger partial charge on any atom is 0.226 e. The summed E-state index contributed by atoms with van der Waals surface area (Å²) in [7, 11) is 2.23. The Hall–Kier alpha value is -1.88. The highest BCUT2D eigenvalue weighted by Crippen LogP contribution is 2.32. The molecule has 170 valence electrons. The second-order valence-electron chi connectivity index (χ2n) is 9.85. The fourth-order valence-corrected chi connectivity index (χ4v) is 5.92. The number of likely N-dealkylation sites (N-methyl/N-ethyl adjacent to an activating group) is 1. The Morgan fingerprint density at radius 1 is 0.935 bits per heavy atom. The summed E-state index contributed by atoms with van der Waals surface area (Å²) < 4.78 is 0. The average molecular weight is 426 g/mol. The zero-order valence-electron chi connectivity index (χ0n) is 19.4. The molecule has 5 heteroatoms. The molecule has 2 atom stereocenters. The van der Waals surface area contributed by atoms with Gasteiger partial charge < -0.3 is 9.80 Å². The van der Waals surface area contributed by atoms with Crippen LogP contribution in [0.1, 0.15) is 76.7 Å².